The van der Waals surface area contributed by atoms with E-state index in [1.807, 2.05) is 37.3 Å². The van der Waals surface area contributed by atoms with Gasteiger partial charge in [0.1, 0.15) is 5.70 Å². The number of ether oxygens (including phenoxy) is 1. The van der Waals surface area contributed by atoms with Gasteiger partial charge in [0.25, 0.3) is 17.5 Å². The highest BCUT2D eigenvalue weighted by atomic mass is 16.6. The van der Waals surface area contributed by atoms with E-state index in [9.17, 15) is 19.7 Å². The van der Waals surface area contributed by atoms with E-state index in [4.69, 9.17) is 4.74 Å². The first-order valence-electron chi connectivity index (χ1n) is 9.66. The Bertz CT molecular complexity index is 970. The fraction of sp³-hybridized carbons (Fsp3) is 0.273. The number of hydrogen-bond acceptors (Lipinski definition) is 6. The molecule has 8 heteroatoms. The minimum absolute atomic E-state index is 0.0787. The van der Waals surface area contributed by atoms with Crippen molar-refractivity contribution in [3.05, 3.63) is 76.0 Å². The molecular formula is C22H23N3O5. The van der Waals surface area contributed by atoms with Gasteiger partial charge in [-0.25, -0.2) is 0 Å². The Kier molecular flexibility index (Phi) is 6.58. The topological polar surface area (TPSA) is 93.0 Å². The first-order valence-corrected chi connectivity index (χ1v) is 9.66. The molecule has 2 amide bonds. The van der Waals surface area contributed by atoms with Crippen molar-refractivity contribution in [1.29, 1.82) is 0 Å². The molecule has 0 spiro atoms. The van der Waals surface area contributed by atoms with Gasteiger partial charge < -0.3 is 9.64 Å². The van der Waals surface area contributed by atoms with Gasteiger partial charge in [-0.2, -0.15) is 0 Å². The largest absolute Gasteiger partial charge is 0.385 e. The zero-order chi connectivity index (χ0) is 21.7. The number of para-hydroxylation sites is 1. The number of nitrogens with zero attached hydrogens (tertiary/aromatic N) is 3. The van der Waals surface area contributed by atoms with Crippen molar-refractivity contribution in [3.63, 3.8) is 0 Å². The molecule has 0 N–H and O–H groups in total. The van der Waals surface area contributed by atoms with Crippen molar-refractivity contribution < 1.29 is 19.2 Å². The molecule has 0 aromatic heterocycles. The molecule has 0 saturated heterocycles. The Labute approximate surface area is 174 Å². The van der Waals surface area contributed by atoms with E-state index in [-0.39, 0.29) is 29.4 Å². The number of carbonyl (C=O) groups excluding carboxylic acids is 2. The summed E-state index contributed by atoms with van der Waals surface area (Å²) < 4.78 is 5.05. The molecule has 1 aliphatic heterocycles. The molecule has 0 bridgehead atoms. The fourth-order valence-electron chi connectivity index (χ4n) is 3.47. The average Bonchev–Trinajstić information content (AvgIpc) is 3.00. The summed E-state index contributed by atoms with van der Waals surface area (Å²) in [4.78, 5) is 40.1. The van der Waals surface area contributed by atoms with Gasteiger partial charge in [0, 0.05) is 44.6 Å². The number of benzene rings is 2. The van der Waals surface area contributed by atoms with E-state index < -0.39 is 10.8 Å². The molecule has 30 heavy (non-hydrogen) atoms. The Morgan fingerprint density at radius 3 is 2.27 bits per heavy atom. The molecule has 0 radical (unpaired) electrons. The van der Waals surface area contributed by atoms with Gasteiger partial charge in [-0.05, 0) is 43.2 Å². The summed E-state index contributed by atoms with van der Waals surface area (Å²) in [5.74, 6) is -0.788. The summed E-state index contributed by atoms with van der Waals surface area (Å²) in [7, 11) is 1.56. The second-order valence-corrected chi connectivity index (χ2v) is 6.72. The lowest BCUT2D eigenvalue weighted by molar-refractivity contribution is -0.384. The molecule has 0 aliphatic carbocycles. The van der Waals surface area contributed by atoms with Crippen LogP contribution in [0.3, 0.4) is 0 Å². The maximum Gasteiger partial charge on any atom is 0.278 e. The number of nitro benzene ring substituents is 1. The first-order chi connectivity index (χ1) is 14.5. The zero-order valence-electron chi connectivity index (χ0n) is 16.9. The molecular weight excluding hydrogens is 386 g/mol. The summed E-state index contributed by atoms with van der Waals surface area (Å²) in [6.07, 6.45) is 0.520. The number of non-ortho nitro benzene ring substituents is 1. The summed E-state index contributed by atoms with van der Waals surface area (Å²) >= 11 is 0. The Morgan fingerprint density at radius 1 is 1.03 bits per heavy atom. The number of rotatable bonds is 9. The monoisotopic (exact) mass is 409 g/mol. The fourth-order valence-corrected chi connectivity index (χ4v) is 3.47. The molecule has 1 heterocycles. The van der Waals surface area contributed by atoms with Crippen LogP contribution in [0.15, 0.2) is 60.3 Å². The number of methoxy groups -OCH3 is 1. The lowest BCUT2D eigenvalue weighted by Gasteiger charge is -2.24. The highest BCUT2D eigenvalue weighted by Crippen LogP contribution is 2.34. The van der Waals surface area contributed by atoms with Crippen LogP contribution in [0.4, 0.5) is 11.4 Å². The Balaban J connectivity index is 2.09. The molecule has 8 nitrogen and oxygen atoms in total. The van der Waals surface area contributed by atoms with Crippen molar-refractivity contribution in [2.24, 2.45) is 0 Å². The third-order valence-corrected chi connectivity index (χ3v) is 4.89. The lowest BCUT2D eigenvalue weighted by atomic mass is 10.0. The number of imide groups is 1. The molecule has 0 atom stereocenters. The molecule has 0 fully saturated rings. The smallest absolute Gasteiger partial charge is 0.278 e. The standard InChI is InChI=1S/C22H23N3O5/c1-3-23(17-8-5-4-6-9-17)20-19(16-10-12-18(13-11-16)25(28)29)21(26)24(22(20)27)14-7-15-30-2/h4-6,8-13H,3,7,14-15H2,1-2H3. The van der Waals surface area contributed by atoms with Crippen LogP contribution >= 0.6 is 0 Å². The number of hydrogen-bond donors (Lipinski definition) is 0. The Hall–Kier alpha value is -3.52. The highest BCUT2D eigenvalue weighted by molar-refractivity contribution is 6.36. The van der Waals surface area contributed by atoms with Crippen molar-refractivity contribution in [1.82, 2.24) is 4.90 Å². The van der Waals surface area contributed by atoms with Gasteiger partial charge in [0.2, 0.25) is 0 Å². The number of amides is 2. The Morgan fingerprint density at radius 2 is 1.70 bits per heavy atom. The molecule has 156 valence electrons. The molecule has 1 aliphatic rings. The van der Waals surface area contributed by atoms with Gasteiger partial charge in [0.15, 0.2) is 0 Å². The van der Waals surface area contributed by atoms with E-state index in [1.54, 1.807) is 12.0 Å². The van der Waals surface area contributed by atoms with Gasteiger partial charge in [0.05, 0.1) is 10.5 Å². The zero-order valence-corrected chi connectivity index (χ0v) is 16.9. The SMILES string of the molecule is CCN(C1=C(c2ccc([N+](=O)[O-])cc2)C(=O)N(CCCOC)C1=O)c1ccccc1. The van der Waals surface area contributed by atoms with Crippen LogP contribution in [0.1, 0.15) is 18.9 Å². The predicted molar refractivity (Wildman–Crippen MR) is 113 cm³/mol. The normalized spacial score (nSPS) is 13.9. The first kappa shape index (κ1) is 21.2. The summed E-state index contributed by atoms with van der Waals surface area (Å²) in [5.41, 5.74) is 1.70. The number of nitro groups is 1. The molecule has 2 aromatic carbocycles. The van der Waals surface area contributed by atoms with Crippen molar-refractivity contribution >= 4 is 28.8 Å². The lowest BCUT2D eigenvalue weighted by Crippen LogP contribution is -2.36. The van der Waals surface area contributed by atoms with E-state index in [0.717, 1.165) is 5.69 Å². The maximum absolute atomic E-state index is 13.3. The molecule has 0 saturated carbocycles. The van der Waals surface area contributed by atoms with Gasteiger partial charge in [-0.1, -0.05) is 18.2 Å². The molecule has 3 rings (SSSR count). The minimum atomic E-state index is -0.500. The third kappa shape index (κ3) is 4.08. The summed E-state index contributed by atoms with van der Waals surface area (Å²) in [6, 6.07) is 15.0. The number of anilines is 1. The van der Waals surface area contributed by atoms with E-state index in [1.165, 1.54) is 29.2 Å². The van der Waals surface area contributed by atoms with Crippen LogP contribution in [-0.2, 0) is 14.3 Å². The number of carbonyl (C=O) groups is 2. The molecule has 0 unspecified atom stereocenters. The van der Waals surface area contributed by atoms with Crippen molar-refractivity contribution in [2.45, 2.75) is 13.3 Å². The van der Waals surface area contributed by atoms with Crippen LogP contribution in [0.2, 0.25) is 0 Å². The van der Waals surface area contributed by atoms with Crippen LogP contribution in [0, 0.1) is 10.1 Å². The van der Waals surface area contributed by atoms with Crippen molar-refractivity contribution in [3.8, 4) is 0 Å². The van der Waals surface area contributed by atoms with E-state index in [0.29, 0.717) is 25.1 Å². The maximum atomic E-state index is 13.3. The molecule has 2 aromatic rings. The predicted octanol–water partition coefficient (Wildman–Crippen LogP) is 3.24. The van der Waals surface area contributed by atoms with Gasteiger partial charge >= 0.3 is 0 Å². The summed E-state index contributed by atoms with van der Waals surface area (Å²) in [5, 5.41) is 11.0. The second kappa shape index (κ2) is 9.32. The third-order valence-electron chi connectivity index (χ3n) is 4.89. The minimum Gasteiger partial charge on any atom is -0.385 e. The van der Waals surface area contributed by atoms with Gasteiger partial charge in [-0.15, -0.1) is 0 Å². The van der Waals surface area contributed by atoms with E-state index >= 15 is 0 Å². The average molecular weight is 409 g/mol. The second-order valence-electron chi connectivity index (χ2n) is 6.72. The van der Waals surface area contributed by atoms with E-state index in [2.05, 4.69) is 0 Å². The number of likely N-dealkylation sites (N-methyl/N-ethyl adjacent to an activating group) is 1. The highest BCUT2D eigenvalue weighted by Gasteiger charge is 2.41. The van der Waals surface area contributed by atoms with Crippen LogP contribution in [0.25, 0.3) is 5.57 Å². The van der Waals surface area contributed by atoms with Crippen LogP contribution in [-0.4, -0.2) is 48.4 Å². The van der Waals surface area contributed by atoms with Crippen LogP contribution < -0.4 is 4.90 Å². The van der Waals surface area contributed by atoms with Crippen molar-refractivity contribution in [2.75, 3.05) is 31.7 Å². The summed E-state index contributed by atoms with van der Waals surface area (Å²) in [6.45, 7) is 3.03. The van der Waals surface area contributed by atoms with Crippen LogP contribution in [0.5, 0.6) is 0 Å². The quantitative estimate of drug-likeness (QED) is 0.273. The van der Waals surface area contributed by atoms with Gasteiger partial charge in [-0.3, -0.25) is 24.6 Å².